The molecule has 1 aliphatic rings. The summed E-state index contributed by atoms with van der Waals surface area (Å²) in [5.74, 6) is -0.136. The van der Waals surface area contributed by atoms with Crippen molar-refractivity contribution in [1.82, 2.24) is 5.32 Å². The highest BCUT2D eigenvalue weighted by Crippen LogP contribution is 2.32. The van der Waals surface area contributed by atoms with E-state index in [9.17, 15) is 4.39 Å². The quantitative estimate of drug-likeness (QED) is 0.823. The maximum Gasteiger partial charge on any atom is 0.146 e. The summed E-state index contributed by atoms with van der Waals surface area (Å²) in [6.07, 6.45) is 1.00. The van der Waals surface area contributed by atoms with Crippen LogP contribution >= 0.6 is 0 Å². The number of nitrogens with zero attached hydrogens (tertiary/aromatic N) is 1. The average molecular weight is 250 g/mol. The fourth-order valence-corrected chi connectivity index (χ4v) is 2.59. The standard InChI is InChI=1S/C15H23FN2/c1-14(2)11-18(15(3,4)9-10-17-14)13-8-6-5-7-12(13)16/h5-8,17H,9-11H2,1-4H3. The summed E-state index contributed by atoms with van der Waals surface area (Å²) >= 11 is 0. The molecule has 0 aliphatic carbocycles. The monoisotopic (exact) mass is 250 g/mol. The lowest BCUT2D eigenvalue weighted by atomic mass is 9.96. The van der Waals surface area contributed by atoms with E-state index in [4.69, 9.17) is 0 Å². The van der Waals surface area contributed by atoms with Crippen LogP contribution in [0.3, 0.4) is 0 Å². The fraction of sp³-hybridized carbons (Fsp3) is 0.600. The van der Waals surface area contributed by atoms with Gasteiger partial charge < -0.3 is 10.2 Å². The molecule has 1 fully saturated rings. The number of hydrogen-bond donors (Lipinski definition) is 1. The highest BCUT2D eigenvalue weighted by Gasteiger charge is 2.35. The number of benzene rings is 1. The molecule has 0 radical (unpaired) electrons. The van der Waals surface area contributed by atoms with Crippen LogP contribution in [0.1, 0.15) is 34.1 Å². The van der Waals surface area contributed by atoms with Crippen LogP contribution in [0, 0.1) is 5.82 Å². The highest BCUT2D eigenvalue weighted by molar-refractivity contribution is 5.50. The minimum atomic E-state index is -0.136. The molecule has 2 nitrogen and oxygen atoms in total. The molecule has 1 aromatic rings. The van der Waals surface area contributed by atoms with Gasteiger partial charge in [0, 0.05) is 17.6 Å². The molecule has 1 heterocycles. The van der Waals surface area contributed by atoms with Gasteiger partial charge in [0.15, 0.2) is 0 Å². The average Bonchev–Trinajstić information content (AvgIpc) is 2.36. The maximum absolute atomic E-state index is 14.0. The van der Waals surface area contributed by atoms with Gasteiger partial charge in [-0.05, 0) is 52.8 Å². The van der Waals surface area contributed by atoms with Gasteiger partial charge in [-0.3, -0.25) is 0 Å². The molecule has 0 saturated carbocycles. The molecule has 0 aromatic heterocycles. The molecule has 0 unspecified atom stereocenters. The molecule has 0 spiro atoms. The molecule has 1 N–H and O–H groups in total. The first-order valence-corrected chi connectivity index (χ1v) is 6.59. The Morgan fingerprint density at radius 2 is 1.83 bits per heavy atom. The minimum absolute atomic E-state index is 0.00392. The van der Waals surface area contributed by atoms with E-state index >= 15 is 0 Å². The van der Waals surface area contributed by atoms with Crippen LogP contribution in [0.25, 0.3) is 0 Å². The molecule has 100 valence electrons. The van der Waals surface area contributed by atoms with E-state index in [1.165, 1.54) is 6.07 Å². The van der Waals surface area contributed by atoms with Crippen molar-refractivity contribution in [3.05, 3.63) is 30.1 Å². The first kappa shape index (κ1) is 13.3. The largest absolute Gasteiger partial charge is 0.362 e. The molecule has 1 aromatic carbocycles. The lowest BCUT2D eigenvalue weighted by Crippen LogP contribution is -2.51. The zero-order chi connectivity index (χ0) is 13.4. The van der Waals surface area contributed by atoms with E-state index in [-0.39, 0.29) is 16.9 Å². The van der Waals surface area contributed by atoms with Crippen LogP contribution in [-0.4, -0.2) is 24.2 Å². The summed E-state index contributed by atoms with van der Waals surface area (Å²) in [6, 6.07) is 7.06. The molecule has 0 amide bonds. The van der Waals surface area contributed by atoms with Crippen molar-refractivity contribution >= 4 is 5.69 Å². The van der Waals surface area contributed by atoms with Gasteiger partial charge in [-0.25, -0.2) is 4.39 Å². The van der Waals surface area contributed by atoms with Gasteiger partial charge in [-0.2, -0.15) is 0 Å². The van der Waals surface area contributed by atoms with Crippen LogP contribution in [0.2, 0.25) is 0 Å². The number of rotatable bonds is 1. The Bertz CT molecular complexity index is 426. The molecule has 3 heteroatoms. The summed E-state index contributed by atoms with van der Waals surface area (Å²) < 4.78 is 14.0. The van der Waals surface area contributed by atoms with E-state index in [0.717, 1.165) is 19.5 Å². The second-order valence-electron chi connectivity index (χ2n) is 6.41. The molecule has 1 saturated heterocycles. The zero-order valence-corrected chi connectivity index (χ0v) is 11.8. The zero-order valence-electron chi connectivity index (χ0n) is 11.8. The number of nitrogens with one attached hydrogen (secondary N) is 1. The normalized spacial score (nSPS) is 22.6. The van der Waals surface area contributed by atoms with Crippen LogP contribution < -0.4 is 10.2 Å². The van der Waals surface area contributed by atoms with Crippen LogP contribution in [0.4, 0.5) is 10.1 Å². The Balaban J connectivity index is 2.41. The Labute approximate surface area is 109 Å². The van der Waals surface area contributed by atoms with Gasteiger partial charge in [-0.1, -0.05) is 12.1 Å². The van der Waals surface area contributed by atoms with Crippen molar-refractivity contribution < 1.29 is 4.39 Å². The summed E-state index contributed by atoms with van der Waals surface area (Å²) in [4.78, 5) is 2.20. The third kappa shape index (κ3) is 2.66. The van der Waals surface area contributed by atoms with E-state index < -0.39 is 0 Å². The van der Waals surface area contributed by atoms with Gasteiger partial charge in [0.1, 0.15) is 5.82 Å². The number of para-hydroxylation sites is 1. The third-order valence-corrected chi connectivity index (χ3v) is 3.77. The van der Waals surface area contributed by atoms with Crippen molar-refractivity contribution in [3.63, 3.8) is 0 Å². The Kier molecular flexibility index (Phi) is 3.37. The van der Waals surface area contributed by atoms with Gasteiger partial charge in [0.05, 0.1) is 5.69 Å². The molecule has 0 bridgehead atoms. The molecule has 0 atom stereocenters. The van der Waals surface area contributed by atoms with Crippen LogP contribution in [-0.2, 0) is 0 Å². The topological polar surface area (TPSA) is 15.3 Å². The lowest BCUT2D eigenvalue weighted by molar-refractivity contribution is 0.406. The third-order valence-electron chi connectivity index (χ3n) is 3.77. The summed E-state index contributed by atoms with van der Waals surface area (Å²) in [7, 11) is 0. The summed E-state index contributed by atoms with van der Waals surface area (Å²) in [6.45, 7) is 10.5. The number of hydrogen-bond acceptors (Lipinski definition) is 2. The smallest absolute Gasteiger partial charge is 0.146 e. The SMILES string of the molecule is CC1(C)CN(c2ccccc2F)C(C)(C)CCN1. The summed E-state index contributed by atoms with van der Waals surface area (Å²) in [5, 5.41) is 3.53. The van der Waals surface area contributed by atoms with Crippen molar-refractivity contribution in [3.8, 4) is 0 Å². The first-order valence-electron chi connectivity index (χ1n) is 6.59. The van der Waals surface area contributed by atoms with Crippen molar-refractivity contribution in [2.24, 2.45) is 0 Å². The number of halogens is 1. The van der Waals surface area contributed by atoms with Crippen molar-refractivity contribution in [2.75, 3.05) is 18.0 Å². The summed E-state index contributed by atoms with van der Waals surface area (Å²) in [5.41, 5.74) is 0.665. The van der Waals surface area contributed by atoms with E-state index in [1.54, 1.807) is 6.07 Å². The van der Waals surface area contributed by atoms with Gasteiger partial charge in [0.25, 0.3) is 0 Å². The maximum atomic E-state index is 14.0. The molecular formula is C15H23FN2. The van der Waals surface area contributed by atoms with E-state index in [0.29, 0.717) is 5.69 Å². The fourth-order valence-electron chi connectivity index (χ4n) is 2.59. The van der Waals surface area contributed by atoms with E-state index in [2.05, 4.69) is 37.9 Å². The lowest BCUT2D eigenvalue weighted by Gasteiger charge is -2.41. The van der Waals surface area contributed by atoms with Gasteiger partial charge in [0.2, 0.25) is 0 Å². The molecule has 2 rings (SSSR count). The first-order chi connectivity index (χ1) is 8.32. The van der Waals surface area contributed by atoms with Gasteiger partial charge in [-0.15, -0.1) is 0 Å². The molecular weight excluding hydrogens is 227 g/mol. The molecule has 18 heavy (non-hydrogen) atoms. The highest BCUT2D eigenvalue weighted by atomic mass is 19.1. The van der Waals surface area contributed by atoms with E-state index in [1.807, 2.05) is 12.1 Å². The second kappa shape index (κ2) is 4.54. The predicted octanol–water partition coefficient (Wildman–Crippen LogP) is 3.18. The van der Waals surface area contributed by atoms with Crippen LogP contribution in [0.5, 0.6) is 0 Å². The number of anilines is 1. The Morgan fingerprint density at radius 3 is 2.50 bits per heavy atom. The Morgan fingerprint density at radius 1 is 1.17 bits per heavy atom. The van der Waals surface area contributed by atoms with Crippen LogP contribution in [0.15, 0.2) is 24.3 Å². The Hall–Kier alpha value is -1.09. The van der Waals surface area contributed by atoms with Crippen molar-refractivity contribution in [1.29, 1.82) is 0 Å². The molecule has 1 aliphatic heterocycles. The predicted molar refractivity (Wildman–Crippen MR) is 74.5 cm³/mol. The van der Waals surface area contributed by atoms with Crippen molar-refractivity contribution in [2.45, 2.75) is 45.2 Å². The van der Waals surface area contributed by atoms with Gasteiger partial charge >= 0.3 is 0 Å². The minimum Gasteiger partial charge on any atom is -0.362 e. The second-order valence-corrected chi connectivity index (χ2v) is 6.41.